The Morgan fingerprint density at radius 2 is 2.33 bits per heavy atom. The van der Waals surface area contributed by atoms with Crippen molar-refractivity contribution in [3.8, 4) is 0 Å². The van der Waals surface area contributed by atoms with E-state index in [1.807, 2.05) is 13.0 Å². The number of carbonyl (C=O) groups excluding carboxylic acids is 1. The zero-order chi connectivity index (χ0) is 12.7. The molecule has 5 heteroatoms. The van der Waals surface area contributed by atoms with E-state index in [9.17, 15) is 4.79 Å². The number of hydrogen-bond donors (Lipinski definition) is 2. The molecule has 0 radical (unpaired) electrons. The first-order valence-electron chi connectivity index (χ1n) is 6.11. The summed E-state index contributed by atoms with van der Waals surface area (Å²) in [5, 5.41) is 3.94. The highest BCUT2D eigenvalue weighted by molar-refractivity contribution is 7.21. The molecule has 2 heterocycles. The lowest BCUT2D eigenvalue weighted by atomic mass is 9.93. The van der Waals surface area contributed by atoms with Gasteiger partial charge in [0.05, 0.1) is 5.69 Å². The number of anilines is 1. The van der Waals surface area contributed by atoms with E-state index in [1.165, 1.54) is 17.8 Å². The van der Waals surface area contributed by atoms with Crippen LogP contribution in [-0.2, 0) is 0 Å². The van der Waals surface area contributed by atoms with E-state index in [0.29, 0.717) is 16.6 Å². The number of amides is 1. The van der Waals surface area contributed by atoms with Crippen molar-refractivity contribution in [1.82, 2.24) is 10.3 Å². The number of fused-ring (bicyclic) bond motifs is 1. The lowest BCUT2D eigenvalue weighted by Gasteiger charge is -2.26. The molecule has 1 saturated carbocycles. The second-order valence-electron chi connectivity index (χ2n) is 4.75. The van der Waals surface area contributed by atoms with Crippen LogP contribution in [0.25, 0.3) is 10.2 Å². The number of carbonyl (C=O) groups is 1. The zero-order valence-electron chi connectivity index (χ0n) is 10.2. The fourth-order valence-electron chi connectivity index (χ4n) is 2.18. The Bertz CT molecular complexity index is 616. The highest BCUT2D eigenvalue weighted by atomic mass is 32.1. The van der Waals surface area contributed by atoms with Crippen molar-refractivity contribution >= 4 is 33.1 Å². The molecule has 0 aromatic carbocycles. The average molecular weight is 261 g/mol. The number of hydrogen-bond acceptors (Lipinski definition) is 4. The van der Waals surface area contributed by atoms with Crippen LogP contribution in [0, 0.1) is 6.92 Å². The van der Waals surface area contributed by atoms with Crippen molar-refractivity contribution in [2.24, 2.45) is 0 Å². The number of aryl methyl sites for hydroxylation is 1. The van der Waals surface area contributed by atoms with Gasteiger partial charge in [0.15, 0.2) is 0 Å². The standard InChI is InChI=1S/C13H15N3OS/c1-7-5-6-15-13-9(7)10(14)11(18-13)12(17)16-8-3-2-4-8/h5-6,8H,2-4,14H2,1H3,(H,16,17). The number of pyridine rings is 1. The third kappa shape index (κ3) is 1.75. The minimum atomic E-state index is -0.0559. The van der Waals surface area contributed by atoms with E-state index in [2.05, 4.69) is 10.3 Å². The molecule has 4 nitrogen and oxygen atoms in total. The van der Waals surface area contributed by atoms with Crippen molar-refractivity contribution in [3.05, 3.63) is 22.7 Å². The minimum Gasteiger partial charge on any atom is -0.397 e. The maximum absolute atomic E-state index is 12.1. The van der Waals surface area contributed by atoms with Crippen LogP contribution in [-0.4, -0.2) is 16.9 Å². The molecule has 0 atom stereocenters. The van der Waals surface area contributed by atoms with Crippen LogP contribution in [0.1, 0.15) is 34.5 Å². The summed E-state index contributed by atoms with van der Waals surface area (Å²) < 4.78 is 0. The summed E-state index contributed by atoms with van der Waals surface area (Å²) in [5.41, 5.74) is 7.72. The Hall–Kier alpha value is -1.62. The molecule has 1 amide bonds. The normalized spacial score (nSPS) is 15.6. The van der Waals surface area contributed by atoms with Gasteiger partial charge in [-0.05, 0) is 37.8 Å². The third-order valence-corrected chi connectivity index (χ3v) is 4.60. The largest absolute Gasteiger partial charge is 0.397 e. The van der Waals surface area contributed by atoms with Gasteiger partial charge in [0, 0.05) is 17.6 Å². The summed E-state index contributed by atoms with van der Waals surface area (Å²) in [5.74, 6) is -0.0559. The summed E-state index contributed by atoms with van der Waals surface area (Å²) in [6.07, 6.45) is 5.11. The van der Waals surface area contributed by atoms with Crippen LogP contribution in [0.3, 0.4) is 0 Å². The molecule has 1 fully saturated rings. The van der Waals surface area contributed by atoms with Crippen molar-refractivity contribution < 1.29 is 4.79 Å². The molecule has 0 bridgehead atoms. The number of nitrogens with zero attached hydrogens (tertiary/aromatic N) is 1. The first-order valence-corrected chi connectivity index (χ1v) is 6.93. The fraction of sp³-hybridized carbons (Fsp3) is 0.385. The number of thiophene rings is 1. The van der Waals surface area contributed by atoms with Crippen molar-refractivity contribution in [3.63, 3.8) is 0 Å². The molecule has 0 aliphatic heterocycles. The quantitative estimate of drug-likeness (QED) is 0.872. The van der Waals surface area contributed by atoms with Crippen molar-refractivity contribution in [2.75, 3.05) is 5.73 Å². The highest BCUT2D eigenvalue weighted by Crippen LogP contribution is 2.34. The minimum absolute atomic E-state index is 0.0559. The Balaban J connectivity index is 1.98. The second-order valence-corrected chi connectivity index (χ2v) is 5.75. The number of nitrogens with one attached hydrogen (secondary N) is 1. The number of rotatable bonds is 2. The van der Waals surface area contributed by atoms with Crippen LogP contribution in [0.15, 0.2) is 12.3 Å². The molecule has 2 aromatic rings. The summed E-state index contributed by atoms with van der Waals surface area (Å²) >= 11 is 1.37. The number of nitrogens with two attached hydrogens (primary N) is 1. The van der Waals surface area contributed by atoms with Crippen LogP contribution >= 0.6 is 11.3 Å². The second kappa shape index (κ2) is 4.24. The van der Waals surface area contributed by atoms with Gasteiger partial charge >= 0.3 is 0 Å². The van der Waals surface area contributed by atoms with Crippen molar-refractivity contribution in [1.29, 1.82) is 0 Å². The van der Waals surface area contributed by atoms with Gasteiger partial charge in [-0.25, -0.2) is 4.98 Å². The van der Waals surface area contributed by atoms with Gasteiger partial charge in [-0.1, -0.05) is 0 Å². The van der Waals surface area contributed by atoms with Gasteiger partial charge in [0.2, 0.25) is 0 Å². The molecule has 3 N–H and O–H groups in total. The van der Waals surface area contributed by atoms with Gasteiger partial charge in [0.25, 0.3) is 5.91 Å². The SMILES string of the molecule is Cc1ccnc2sc(C(=O)NC3CCC3)c(N)c12. The number of aromatic nitrogens is 1. The first kappa shape index (κ1) is 11.5. The topological polar surface area (TPSA) is 68.0 Å². The van der Waals surface area contributed by atoms with Crippen LogP contribution < -0.4 is 11.1 Å². The first-order chi connectivity index (χ1) is 8.66. The van der Waals surface area contributed by atoms with E-state index in [-0.39, 0.29) is 5.91 Å². The van der Waals surface area contributed by atoms with E-state index < -0.39 is 0 Å². The molecule has 3 rings (SSSR count). The third-order valence-electron chi connectivity index (χ3n) is 3.48. The fourth-order valence-corrected chi connectivity index (χ4v) is 3.22. The highest BCUT2D eigenvalue weighted by Gasteiger charge is 2.23. The Morgan fingerprint density at radius 1 is 1.56 bits per heavy atom. The summed E-state index contributed by atoms with van der Waals surface area (Å²) in [6.45, 7) is 1.99. The van der Waals surface area contributed by atoms with Crippen molar-refractivity contribution in [2.45, 2.75) is 32.2 Å². The van der Waals surface area contributed by atoms with Crippen LogP contribution in [0.4, 0.5) is 5.69 Å². The van der Waals surface area contributed by atoms with E-state index in [1.54, 1.807) is 6.20 Å². The van der Waals surface area contributed by atoms with Gasteiger partial charge in [-0.2, -0.15) is 0 Å². The van der Waals surface area contributed by atoms with Crippen LogP contribution in [0.5, 0.6) is 0 Å². The van der Waals surface area contributed by atoms with Gasteiger partial charge < -0.3 is 11.1 Å². The average Bonchev–Trinajstić information content (AvgIpc) is 2.63. The molecule has 94 valence electrons. The lowest BCUT2D eigenvalue weighted by molar-refractivity contribution is 0.0922. The number of nitrogen functional groups attached to an aromatic ring is 1. The zero-order valence-corrected chi connectivity index (χ0v) is 11.0. The molecular weight excluding hydrogens is 246 g/mol. The summed E-state index contributed by atoms with van der Waals surface area (Å²) in [7, 11) is 0. The molecule has 2 aromatic heterocycles. The molecular formula is C13H15N3OS. The lowest BCUT2D eigenvalue weighted by Crippen LogP contribution is -2.39. The molecule has 1 aliphatic carbocycles. The van der Waals surface area contributed by atoms with Gasteiger partial charge in [-0.15, -0.1) is 11.3 Å². The van der Waals surface area contributed by atoms with Gasteiger partial charge in [-0.3, -0.25) is 4.79 Å². The molecule has 0 spiro atoms. The summed E-state index contributed by atoms with van der Waals surface area (Å²) in [6, 6.07) is 2.25. The molecule has 0 unspecified atom stereocenters. The Labute approximate surface area is 109 Å². The summed E-state index contributed by atoms with van der Waals surface area (Å²) in [4.78, 5) is 17.9. The van der Waals surface area contributed by atoms with Gasteiger partial charge in [0.1, 0.15) is 9.71 Å². The van der Waals surface area contributed by atoms with E-state index in [0.717, 1.165) is 28.6 Å². The maximum atomic E-state index is 12.1. The smallest absolute Gasteiger partial charge is 0.263 e. The molecule has 18 heavy (non-hydrogen) atoms. The molecule has 1 aliphatic rings. The monoisotopic (exact) mass is 261 g/mol. The maximum Gasteiger partial charge on any atom is 0.263 e. The Morgan fingerprint density at radius 3 is 2.94 bits per heavy atom. The van der Waals surface area contributed by atoms with E-state index >= 15 is 0 Å². The predicted molar refractivity (Wildman–Crippen MR) is 73.9 cm³/mol. The molecule has 0 saturated heterocycles. The van der Waals surface area contributed by atoms with E-state index in [4.69, 9.17) is 5.73 Å². The Kier molecular flexibility index (Phi) is 2.70. The predicted octanol–water partition coefficient (Wildman–Crippen LogP) is 2.47. The van der Waals surface area contributed by atoms with Crippen LogP contribution in [0.2, 0.25) is 0 Å².